The van der Waals surface area contributed by atoms with Crippen molar-refractivity contribution in [3.8, 4) is 22.9 Å². The van der Waals surface area contributed by atoms with Gasteiger partial charge in [-0.05, 0) is 54.8 Å². The Hall–Kier alpha value is -3.04. The summed E-state index contributed by atoms with van der Waals surface area (Å²) in [5, 5.41) is 21.4. The molecule has 2 N–H and O–H groups in total. The van der Waals surface area contributed by atoms with Gasteiger partial charge in [0.05, 0.1) is 18.2 Å². The molecule has 1 heterocycles. The zero-order chi connectivity index (χ0) is 19.1. The fraction of sp³-hybridized carbons (Fsp3) is 0.333. The molecule has 1 atom stereocenters. The van der Waals surface area contributed by atoms with Crippen LogP contribution in [-0.2, 0) is 0 Å². The number of ether oxygens (including phenoxy) is 1. The molecule has 1 saturated heterocycles. The van der Waals surface area contributed by atoms with Gasteiger partial charge in [0, 0.05) is 19.1 Å². The fourth-order valence-electron chi connectivity index (χ4n) is 3.25. The maximum Gasteiger partial charge on any atom is 0.407 e. The largest absolute Gasteiger partial charge is 0.494 e. The number of nitrogens with zero attached hydrogens (tertiary/aromatic N) is 2. The highest BCUT2D eigenvalue weighted by Crippen LogP contribution is 2.23. The first kappa shape index (κ1) is 18.7. The zero-order valence-corrected chi connectivity index (χ0v) is 15.1. The van der Waals surface area contributed by atoms with E-state index in [1.54, 1.807) is 12.1 Å². The van der Waals surface area contributed by atoms with Crippen LogP contribution in [0.5, 0.6) is 5.75 Å². The first-order valence-corrected chi connectivity index (χ1v) is 9.11. The molecule has 0 aliphatic carbocycles. The molecule has 2 aromatic rings. The quantitative estimate of drug-likeness (QED) is 0.735. The smallest absolute Gasteiger partial charge is 0.407 e. The van der Waals surface area contributed by atoms with Gasteiger partial charge in [0.2, 0.25) is 0 Å². The van der Waals surface area contributed by atoms with Gasteiger partial charge in [0.15, 0.2) is 0 Å². The van der Waals surface area contributed by atoms with Gasteiger partial charge in [-0.25, -0.2) is 4.79 Å². The van der Waals surface area contributed by atoms with Crippen molar-refractivity contribution in [3.63, 3.8) is 0 Å². The minimum atomic E-state index is -0.865. The van der Waals surface area contributed by atoms with Crippen LogP contribution < -0.4 is 10.1 Å². The van der Waals surface area contributed by atoms with E-state index in [-0.39, 0.29) is 6.04 Å². The maximum atomic E-state index is 11.4. The van der Waals surface area contributed by atoms with Gasteiger partial charge in [-0.15, -0.1) is 0 Å². The van der Waals surface area contributed by atoms with E-state index in [2.05, 4.69) is 11.4 Å². The van der Waals surface area contributed by atoms with E-state index in [0.29, 0.717) is 25.1 Å². The predicted octanol–water partition coefficient (Wildman–Crippen LogP) is 3.34. The highest BCUT2D eigenvalue weighted by Gasteiger charge is 2.25. The minimum absolute atomic E-state index is 0.0641. The molecule has 6 nitrogen and oxygen atoms in total. The van der Waals surface area contributed by atoms with Crippen LogP contribution in [-0.4, -0.2) is 48.4 Å². The summed E-state index contributed by atoms with van der Waals surface area (Å²) >= 11 is 0. The Bertz CT molecular complexity index is 791. The van der Waals surface area contributed by atoms with Gasteiger partial charge < -0.3 is 20.1 Å². The third-order valence-corrected chi connectivity index (χ3v) is 4.73. The van der Waals surface area contributed by atoms with Crippen LogP contribution in [0.2, 0.25) is 0 Å². The lowest BCUT2D eigenvalue weighted by Crippen LogP contribution is -2.41. The van der Waals surface area contributed by atoms with Crippen molar-refractivity contribution >= 4 is 6.09 Å². The average Bonchev–Trinajstić information content (AvgIpc) is 3.22. The molecule has 0 spiro atoms. The summed E-state index contributed by atoms with van der Waals surface area (Å²) in [5.74, 6) is 0.761. The van der Waals surface area contributed by atoms with Crippen LogP contribution in [0.4, 0.5) is 4.79 Å². The molecule has 1 aliphatic rings. The third-order valence-electron chi connectivity index (χ3n) is 4.73. The zero-order valence-electron chi connectivity index (χ0n) is 15.1. The summed E-state index contributed by atoms with van der Waals surface area (Å²) in [5.41, 5.74) is 2.74. The molecule has 0 bridgehead atoms. The van der Waals surface area contributed by atoms with Crippen LogP contribution in [0, 0.1) is 11.3 Å². The Morgan fingerprint density at radius 2 is 1.85 bits per heavy atom. The first-order valence-electron chi connectivity index (χ1n) is 9.11. The molecule has 6 heteroatoms. The number of carbonyl (C=O) groups is 1. The molecular formula is C21H23N3O3. The topological polar surface area (TPSA) is 85.6 Å². The average molecular weight is 365 g/mol. The van der Waals surface area contributed by atoms with Crippen molar-refractivity contribution in [2.45, 2.75) is 18.9 Å². The van der Waals surface area contributed by atoms with Crippen molar-refractivity contribution in [2.24, 2.45) is 0 Å². The molecular weight excluding hydrogens is 342 g/mol. The summed E-state index contributed by atoms with van der Waals surface area (Å²) in [7, 11) is 0. The molecule has 1 unspecified atom stereocenters. The second-order valence-electron chi connectivity index (χ2n) is 6.54. The lowest BCUT2D eigenvalue weighted by Gasteiger charge is -2.25. The fourth-order valence-corrected chi connectivity index (χ4v) is 3.25. The minimum Gasteiger partial charge on any atom is -0.494 e. The summed E-state index contributed by atoms with van der Waals surface area (Å²) in [6.45, 7) is 2.55. The van der Waals surface area contributed by atoms with Crippen molar-refractivity contribution in [1.82, 2.24) is 10.2 Å². The first-order chi connectivity index (χ1) is 13.2. The van der Waals surface area contributed by atoms with Gasteiger partial charge in [-0.2, -0.15) is 5.26 Å². The Balaban J connectivity index is 1.48. The molecule has 0 aromatic heterocycles. The molecule has 1 fully saturated rings. The van der Waals surface area contributed by atoms with Crippen molar-refractivity contribution in [3.05, 3.63) is 54.1 Å². The normalized spacial score (nSPS) is 15.9. The number of nitriles is 1. The van der Waals surface area contributed by atoms with E-state index in [0.717, 1.165) is 36.4 Å². The van der Waals surface area contributed by atoms with Crippen LogP contribution in [0.1, 0.15) is 18.4 Å². The van der Waals surface area contributed by atoms with E-state index >= 15 is 0 Å². The SMILES string of the molecule is N#Cc1ccc(-c2ccc(OCCCN(C(=O)O)C3CCNC3)cc2)cc1. The second kappa shape index (κ2) is 9.06. The second-order valence-corrected chi connectivity index (χ2v) is 6.54. The number of rotatable bonds is 7. The number of nitrogens with one attached hydrogen (secondary N) is 1. The molecule has 0 radical (unpaired) electrons. The highest BCUT2D eigenvalue weighted by atomic mass is 16.5. The van der Waals surface area contributed by atoms with E-state index in [4.69, 9.17) is 10.00 Å². The van der Waals surface area contributed by atoms with E-state index in [1.165, 1.54) is 4.90 Å². The monoisotopic (exact) mass is 365 g/mol. The van der Waals surface area contributed by atoms with E-state index in [1.807, 2.05) is 36.4 Å². The van der Waals surface area contributed by atoms with Gasteiger partial charge in [-0.3, -0.25) is 0 Å². The van der Waals surface area contributed by atoms with Crippen molar-refractivity contribution in [2.75, 3.05) is 26.2 Å². The number of hydrogen-bond acceptors (Lipinski definition) is 4. The predicted molar refractivity (Wildman–Crippen MR) is 103 cm³/mol. The molecule has 0 saturated carbocycles. The Morgan fingerprint density at radius 1 is 1.19 bits per heavy atom. The van der Waals surface area contributed by atoms with E-state index in [9.17, 15) is 9.90 Å². The molecule has 27 heavy (non-hydrogen) atoms. The van der Waals surface area contributed by atoms with Crippen LogP contribution in [0.15, 0.2) is 48.5 Å². The number of amides is 1. The molecule has 1 amide bonds. The van der Waals surface area contributed by atoms with Crippen molar-refractivity contribution in [1.29, 1.82) is 5.26 Å². The van der Waals surface area contributed by atoms with Gasteiger partial charge in [0.1, 0.15) is 5.75 Å². The van der Waals surface area contributed by atoms with Gasteiger partial charge >= 0.3 is 6.09 Å². The summed E-state index contributed by atoms with van der Waals surface area (Å²) in [6, 6.07) is 17.4. The number of benzene rings is 2. The third kappa shape index (κ3) is 4.99. The summed E-state index contributed by atoms with van der Waals surface area (Å²) < 4.78 is 5.75. The maximum absolute atomic E-state index is 11.4. The molecule has 140 valence electrons. The Kier molecular flexibility index (Phi) is 6.29. The highest BCUT2D eigenvalue weighted by molar-refractivity contribution is 5.66. The number of hydrogen-bond donors (Lipinski definition) is 2. The Morgan fingerprint density at radius 3 is 2.41 bits per heavy atom. The van der Waals surface area contributed by atoms with Crippen LogP contribution in [0.3, 0.4) is 0 Å². The molecule has 2 aromatic carbocycles. The lowest BCUT2D eigenvalue weighted by molar-refractivity contribution is 0.124. The lowest BCUT2D eigenvalue weighted by atomic mass is 10.0. The van der Waals surface area contributed by atoms with Gasteiger partial charge in [-0.1, -0.05) is 24.3 Å². The van der Waals surface area contributed by atoms with E-state index < -0.39 is 6.09 Å². The van der Waals surface area contributed by atoms with Crippen molar-refractivity contribution < 1.29 is 14.6 Å². The Labute approximate surface area is 159 Å². The van der Waals surface area contributed by atoms with Crippen LogP contribution >= 0.6 is 0 Å². The summed E-state index contributed by atoms with van der Waals surface area (Å²) in [4.78, 5) is 12.9. The molecule has 1 aliphatic heterocycles. The van der Waals surface area contributed by atoms with Crippen LogP contribution in [0.25, 0.3) is 11.1 Å². The number of carboxylic acid groups (broad SMARTS) is 1. The van der Waals surface area contributed by atoms with Gasteiger partial charge in [0.25, 0.3) is 0 Å². The summed E-state index contributed by atoms with van der Waals surface area (Å²) in [6.07, 6.45) is 0.653. The standard InChI is InChI=1S/C21H23N3O3/c22-14-16-2-4-17(5-3-16)18-6-8-20(9-7-18)27-13-1-12-24(21(25)26)19-10-11-23-15-19/h2-9,19,23H,1,10-13,15H2,(H,25,26). The molecule has 3 rings (SSSR count).